The van der Waals surface area contributed by atoms with Crippen molar-refractivity contribution >= 4 is 11.4 Å². The molecular weight excluding hydrogens is 332 g/mol. The zero-order chi connectivity index (χ0) is 18.7. The second-order valence-electron chi connectivity index (χ2n) is 5.82. The summed E-state index contributed by atoms with van der Waals surface area (Å²) in [6, 6.07) is 12.0. The van der Waals surface area contributed by atoms with Crippen molar-refractivity contribution in [2.45, 2.75) is 20.4 Å². The monoisotopic (exact) mass is 348 g/mol. The molecule has 0 unspecified atom stereocenters. The first-order valence-electron chi connectivity index (χ1n) is 7.89. The van der Waals surface area contributed by atoms with Crippen LogP contribution in [0.1, 0.15) is 22.5 Å². The molecule has 2 heterocycles. The number of anilines is 1. The molecule has 26 heavy (non-hydrogen) atoms. The van der Waals surface area contributed by atoms with Crippen LogP contribution in [0.15, 0.2) is 42.6 Å². The summed E-state index contributed by atoms with van der Waals surface area (Å²) in [5, 5.41) is 27.4. The molecule has 2 aromatic heterocycles. The number of nitriles is 1. The van der Waals surface area contributed by atoms with Crippen LogP contribution >= 0.6 is 0 Å². The number of nitro groups is 1. The molecule has 0 aliphatic heterocycles. The van der Waals surface area contributed by atoms with E-state index < -0.39 is 4.92 Å². The largest absolute Gasteiger partial charge is 0.381 e. The van der Waals surface area contributed by atoms with E-state index in [1.807, 2.05) is 38.1 Å². The Morgan fingerprint density at radius 1 is 1.27 bits per heavy atom. The van der Waals surface area contributed by atoms with Gasteiger partial charge in [0.1, 0.15) is 11.6 Å². The average Bonchev–Trinajstić information content (AvgIpc) is 2.98. The summed E-state index contributed by atoms with van der Waals surface area (Å²) in [7, 11) is 0. The summed E-state index contributed by atoms with van der Waals surface area (Å²) in [5.74, 6) is 0.737. The van der Waals surface area contributed by atoms with Gasteiger partial charge in [0.05, 0.1) is 10.6 Å². The molecule has 0 bridgehead atoms. The van der Waals surface area contributed by atoms with Crippen LogP contribution in [0.2, 0.25) is 0 Å². The number of aromatic nitrogens is 3. The van der Waals surface area contributed by atoms with Crippen LogP contribution < -0.4 is 5.32 Å². The summed E-state index contributed by atoms with van der Waals surface area (Å²) in [6.45, 7) is 4.38. The quantitative estimate of drug-likeness (QED) is 0.560. The second kappa shape index (κ2) is 7.03. The topological polar surface area (TPSA) is 110 Å². The van der Waals surface area contributed by atoms with Crippen LogP contribution in [0.4, 0.5) is 11.4 Å². The molecule has 3 aromatic rings. The SMILES string of the molecule is Cc1cc(C)n(-c2ccc(CNc3ccc([N+](=O)[O-])c(C#N)c3)cn2)n1. The summed E-state index contributed by atoms with van der Waals surface area (Å²) in [5.41, 5.74) is 3.34. The second-order valence-corrected chi connectivity index (χ2v) is 5.82. The molecule has 0 fully saturated rings. The predicted octanol–water partition coefficient (Wildman–Crippen LogP) is 3.28. The third-order valence-electron chi connectivity index (χ3n) is 3.85. The van der Waals surface area contributed by atoms with Crippen LogP contribution in [0, 0.1) is 35.3 Å². The van der Waals surface area contributed by atoms with Gasteiger partial charge in [-0.25, -0.2) is 9.67 Å². The third-order valence-corrected chi connectivity index (χ3v) is 3.85. The van der Waals surface area contributed by atoms with E-state index >= 15 is 0 Å². The van der Waals surface area contributed by atoms with Crippen LogP contribution in [-0.4, -0.2) is 19.7 Å². The Hall–Kier alpha value is -3.73. The van der Waals surface area contributed by atoms with Gasteiger partial charge in [-0.2, -0.15) is 10.4 Å². The molecule has 0 radical (unpaired) electrons. The van der Waals surface area contributed by atoms with Crippen molar-refractivity contribution in [1.29, 1.82) is 5.26 Å². The Morgan fingerprint density at radius 3 is 2.65 bits per heavy atom. The number of pyridine rings is 1. The van der Waals surface area contributed by atoms with Gasteiger partial charge in [-0.05, 0) is 43.7 Å². The lowest BCUT2D eigenvalue weighted by Crippen LogP contribution is -2.04. The highest BCUT2D eigenvalue weighted by Crippen LogP contribution is 2.22. The molecule has 3 rings (SSSR count). The van der Waals surface area contributed by atoms with Crippen LogP contribution in [0.25, 0.3) is 5.82 Å². The lowest BCUT2D eigenvalue weighted by molar-refractivity contribution is -0.385. The van der Waals surface area contributed by atoms with Gasteiger partial charge in [-0.3, -0.25) is 10.1 Å². The smallest absolute Gasteiger partial charge is 0.287 e. The van der Waals surface area contributed by atoms with Gasteiger partial charge in [0.25, 0.3) is 5.69 Å². The molecule has 8 nitrogen and oxygen atoms in total. The maximum atomic E-state index is 10.9. The van der Waals surface area contributed by atoms with Gasteiger partial charge < -0.3 is 5.32 Å². The van der Waals surface area contributed by atoms with E-state index in [2.05, 4.69) is 15.4 Å². The van der Waals surface area contributed by atoms with E-state index in [1.54, 1.807) is 16.9 Å². The highest BCUT2D eigenvalue weighted by atomic mass is 16.6. The normalized spacial score (nSPS) is 10.3. The number of nitrogens with one attached hydrogen (secondary N) is 1. The molecule has 1 N–H and O–H groups in total. The lowest BCUT2D eigenvalue weighted by Gasteiger charge is -2.08. The highest BCUT2D eigenvalue weighted by molar-refractivity contribution is 5.58. The number of hydrogen-bond acceptors (Lipinski definition) is 6. The van der Waals surface area contributed by atoms with Crippen LogP contribution in [-0.2, 0) is 6.54 Å². The summed E-state index contributed by atoms with van der Waals surface area (Å²) >= 11 is 0. The molecule has 0 aliphatic rings. The molecule has 130 valence electrons. The summed E-state index contributed by atoms with van der Waals surface area (Å²) in [6.07, 6.45) is 1.75. The molecule has 0 saturated heterocycles. The first-order valence-corrected chi connectivity index (χ1v) is 7.89. The minimum atomic E-state index is -0.566. The van der Waals surface area contributed by atoms with Gasteiger partial charge >= 0.3 is 0 Å². The Kier molecular flexibility index (Phi) is 4.62. The molecule has 0 atom stereocenters. The van der Waals surface area contributed by atoms with E-state index in [-0.39, 0.29) is 11.3 Å². The van der Waals surface area contributed by atoms with E-state index in [0.717, 1.165) is 22.8 Å². The van der Waals surface area contributed by atoms with Crippen molar-refractivity contribution < 1.29 is 4.92 Å². The van der Waals surface area contributed by atoms with E-state index in [1.165, 1.54) is 12.1 Å². The number of nitro benzene ring substituents is 1. The van der Waals surface area contributed by atoms with Crippen molar-refractivity contribution in [3.8, 4) is 11.9 Å². The fourth-order valence-corrected chi connectivity index (χ4v) is 2.61. The maximum absolute atomic E-state index is 10.9. The fraction of sp³-hybridized carbons (Fsp3) is 0.167. The van der Waals surface area contributed by atoms with Gasteiger partial charge in [0.2, 0.25) is 0 Å². The molecule has 0 saturated carbocycles. The zero-order valence-electron chi connectivity index (χ0n) is 14.3. The average molecular weight is 348 g/mol. The van der Waals surface area contributed by atoms with Crippen molar-refractivity contribution in [2.75, 3.05) is 5.32 Å². The summed E-state index contributed by atoms with van der Waals surface area (Å²) in [4.78, 5) is 14.7. The number of benzene rings is 1. The van der Waals surface area contributed by atoms with Gasteiger partial charge in [-0.15, -0.1) is 0 Å². The van der Waals surface area contributed by atoms with Crippen LogP contribution in [0.5, 0.6) is 0 Å². The van der Waals surface area contributed by atoms with Gasteiger partial charge in [-0.1, -0.05) is 6.07 Å². The minimum Gasteiger partial charge on any atom is -0.381 e. The van der Waals surface area contributed by atoms with Gasteiger partial charge in [0.15, 0.2) is 5.82 Å². The minimum absolute atomic E-state index is 0.0259. The predicted molar refractivity (Wildman–Crippen MR) is 96.0 cm³/mol. The first kappa shape index (κ1) is 17.1. The fourth-order valence-electron chi connectivity index (χ4n) is 2.61. The summed E-state index contributed by atoms with van der Waals surface area (Å²) < 4.78 is 1.78. The van der Waals surface area contributed by atoms with Crippen molar-refractivity contribution in [3.05, 3.63) is 75.2 Å². The van der Waals surface area contributed by atoms with Crippen molar-refractivity contribution in [1.82, 2.24) is 14.8 Å². The molecule has 0 amide bonds. The zero-order valence-corrected chi connectivity index (χ0v) is 14.3. The van der Waals surface area contributed by atoms with E-state index in [9.17, 15) is 10.1 Å². The number of hydrogen-bond donors (Lipinski definition) is 1. The molecule has 1 aromatic carbocycles. The Labute approximate surface area is 149 Å². The molecule has 0 spiro atoms. The Morgan fingerprint density at radius 2 is 2.08 bits per heavy atom. The van der Waals surface area contributed by atoms with E-state index in [0.29, 0.717) is 12.2 Å². The number of aryl methyl sites for hydroxylation is 2. The van der Waals surface area contributed by atoms with Crippen molar-refractivity contribution in [2.24, 2.45) is 0 Å². The molecule has 8 heteroatoms. The van der Waals surface area contributed by atoms with Crippen molar-refractivity contribution in [3.63, 3.8) is 0 Å². The standard InChI is InChI=1S/C18H16N6O2/c1-12-7-13(2)23(22-12)18-6-3-14(11-21-18)10-20-16-4-5-17(24(25)26)15(8-16)9-19/h3-8,11,20H,10H2,1-2H3. The number of rotatable bonds is 5. The lowest BCUT2D eigenvalue weighted by atomic mass is 10.1. The third kappa shape index (κ3) is 3.52. The van der Waals surface area contributed by atoms with Gasteiger partial charge in [0, 0.05) is 30.2 Å². The van der Waals surface area contributed by atoms with Crippen LogP contribution in [0.3, 0.4) is 0 Å². The molecule has 0 aliphatic carbocycles. The Bertz CT molecular complexity index is 1000. The first-order chi connectivity index (χ1) is 12.5. The molecular formula is C18H16N6O2. The maximum Gasteiger partial charge on any atom is 0.287 e. The Balaban J connectivity index is 1.72. The highest BCUT2D eigenvalue weighted by Gasteiger charge is 2.13. The van der Waals surface area contributed by atoms with E-state index in [4.69, 9.17) is 5.26 Å². The number of nitrogens with zero attached hydrogens (tertiary/aromatic N) is 5.